The predicted octanol–water partition coefficient (Wildman–Crippen LogP) is 3.44. The molecule has 1 amide bonds. The highest BCUT2D eigenvalue weighted by Crippen LogP contribution is 2.42. The van der Waals surface area contributed by atoms with Gasteiger partial charge >= 0.3 is 0 Å². The first-order valence-corrected chi connectivity index (χ1v) is 8.81. The minimum Gasteiger partial charge on any atom is -0.342 e. The zero-order chi connectivity index (χ0) is 15.7. The molecule has 0 spiro atoms. The Kier molecular flexibility index (Phi) is 4.28. The van der Waals surface area contributed by atoms with E-state index >= 15 is 0 Å². The van der Waals surface area contributed by atoms with Gasteiger partial charge in [0.25, 0.3) is 0 Å². The van der Waals surface area contributed by atoms with Crippen LogP contribution in [0.5, 0.6) is 0 Å². The average Bonchev–Trinajstić information content (AvgIpc) is 2.92. The van der Waals surface area contributed by atoms with Crippen LogP contribution >= 0.6 is 0 Å². The monoisotopic (exact) mass is 303 g/mol. The maximum atomic E-state index is 12.6. The molecule has 0 radical (unpaired) electrons. The standard InChI is InChI=1S/C18H29N3O/c1-14(2)13-21-12-7-16(19-21)15-5-10-20(11-6-15)17(22)18(3)8-4-9-18/h7,12,14-15H,4-6,8-11,13H2,1-3H3. The summed E-state index contributed by atoms with van der Waals surface area (Å²) in [5.74, 6) is 1.53. The van der Waals surface area contributed by atoms with Crippen molar-refractivity contribution in [1.29, 1.82) is 0 Å². The van der Waals surface area contributed by atoms with Gasteiger partial charge in [0, 0.05) is 37.2 Å². The number of nitrogens with zero attached hydrogens (tertiary/aromatic N) is 3. The Labute approximate surface area is 133 Å². The van der Waals surface area contributed by atoms with Gasteiger partial charge in [-0.15, -0.1) is 0 Å². The molecule has 0 N–H and O–H groups in total. The second-order valence-corrected chi connectivity index (χ2v) is 7.84. The summed E-state index contributed by atoms with van der Waals surface area (Å²) in [6.07, 6.45) is 7.58. The van der Waals surface area contributed by atoms with E-state index in [4.69, 9.17) is 5.10 Å². The lowest BCUT2D eigenvalue weighted by Crippen LogP contribution is -2.48. The number of likely N-dealkylation sites (tertiary alicyclic amines) is 1. The molecule has 0 atom stereocenters. The van der Waals surface area contributed by atoms with Crippen molar-refractivity contribution in [1.82, 2.24) is 14.7 Å². The number of amides is 1. The van der Waals surface area contributed by atoms with Crippen LogP contribution in [0.1, 0.15) is 64.5 Å². The fraction of sp³-hybridized carbons (Fsp3) is 0.778. The highest BCUT2D eigenvalue weighted by Gasteiger charge is 2.42. The first-order valence-electron chi connectivity index (χ1n) is 8.81. The van der Waals surface area contributed by atoms with E-state index in [1.165, 1.54) is 12.1 Å². The molecular formula is C18H29N3O. The predicted molar refractivity (Wildman–Crippen MR) is 87.6 cm³/mol. The van der Waals surface area contributed by atoms with Crippen LogP contribution < -0.4 is 0 Å². The van der Waals surface area contributed by atoms with E-state index < -0.39 is 0 Å². The van der Waals surface area contributed by atoms with Crippen LogP contribution in [0.25, 0.3) is 0 Å². The summed E-state index contributed by atoms with van der Waals surface area (Å²) in [7, 11) is 0. The topological polar surface area (TPSA) is 38.1 Å². The summed E-state index contributed by atoms with van der Waals surface area (Å²) in [6, 6.07) is 2.16. The third-order valence-corrected chi connectivity index (χ3v) is 5.39. The third kappa shape index (κ3) is 3.06. The van der Waals surface area contributed by atoms with Crippen LogP contribution in [0.15, 0.2) is 12.3 Å². The molecule has 1 saturated heterocycles. The molecule has 2 heterocycles. The van der Waals surface area contributed by atoms with Crippen molar-refractivity contribution >= 4 is 5.91 Å². The van der Waals surface area contributed by atoms with Gasteiger partial charge in [0.05, 0.1) is 5.69 Å². The summed E-state index contributed by atoms with van der Waals surface area (Å²) in [5, 5.41) is 4.73. The van der Waals surface area contributed by atoms with E-state index in [9.17, 15) is 4.79 Å². The van der Waals surface area contributed by atoms with E-state index in [2.05, 4.69) is 42.6 Å². The van der Waals surface area contributed by atoms with Crippen molar-refractivity contribution in [3.8, 4) is 0 Å². The first-order chi connectivity index (χ1) is 10.5. The second kappa shape index (κ2) is 6.05. The molecule has 0 unspecified atom stereocenters. The van der Waals surface area contributed by atoms with Crippen molar-refractivity contribution in [3.63, 3.8) is 0 Å². The summed E-state index contributed by atoms with van der Waals surface area (Å²) in [5.41, 5.74) is 1.16. The second-order valence-electron chi connectivity index (χ2n) is 7.84. The zero-order valence-corrected chi connectivity index (χ0v) is 14.2. The number of hydrogen-bond donors (Lipinski definition) is 0. The van der Waals surface area contributed by atoms with Gasteiger partial charge in [-0.3, -0.25) is 9.48 Å². The number of carbonyl (C=O) groups excluding carboxylic acids is 1. The minimum atomic E-state index is -0.0499. The van der Waals surface area contributed by atoms with E-state index in [0.717, 1.165) is 45.3 Å². The van der Waals surface area contributed by atoms with Gasteiger partial charge in [0.1, 0.15) is 0 Å². The molecule has 1 aromatic rings. The lowest BCUT2D eigenvalue weighted by atomic mass is 9.69. The highest BCUT2D eigenvalue weighted by atomic mass is 16.2. The Morgan fingerprint density at radius 1 is 1.36 bits per heavy atom. The molecule has 122 valence electrons. The van der Waals surface area contributed by atoms with Gasteiger partial charge in [-0.05, 0) is 37.7 Å². The molecule has 1 aliphatic carbocycles. The van der Waals surface area contributed by atoms with E-state index in [0.29, 0.717) is 17.7 Å². The summed E-state index contributed by atoms with van der Waals surface area (Å²) < 4.78 is 2.06. The molecule has 4 nitrogen and oxygen atoms in total. The molecule has 2 fully saturated rings. The molecule has 1 aliphatic heterocycles. The number of piperidine rings is 1. The first kappa shape index (κ1) is 15.6. The van der Waals surface area contributed by atoms with Gasteiger partial charge < -0.3 is 4.90 Å². The number of aromatic nitrogens is 2. The minimum absolute atomic E-state index is 0.0499. The Bertz CT molecular complexity index is 522. The van der Waals surface area contributed by atoms with Gasteiger partial charge in [0.15, 0.2) is 0 Å². The van der Waals surface area contributed by atoms with Crippen molar-refractivity contribution < 1.29 is 4.79 Å². The summed E-state index contributed by atoms with van der Waals surface area (Å²) in [6.45, 7) is 9.35. The summed E-state index contributed by atoms with van der Waals surface area (Å²) in [4.78, 5) is 14.7. The van der Waals surface area contributed by atoms with Crippen molar-refractivity contribution in [2.45, 2.75) is 65.3 Å². The maximum absolute atomic E-state index is 12.6. The number of hydrogen-bond acceptors (Lipinski definition) is 2. The van der Waals surface area contributed by atoms with Crippen molar-refractivity contribution in [2.75, 3.05) is 13.1 Å². The van der Waals surface area contributed by atoms with Crippen LogP contribution in [-0.2, 0) is 11.3 Å². The van der Waals surface area contributed by atoms with E-state index in [1.807, 2.05) is 0 Å². The Morgan fingerprint density at radius 3 is 2.59 bits per heavy atom. The van der Waals surface area contributed by atoms with Crippen LogP contribution in [0.4, 0.5) is 0 Å². The lowest BCUT2D eigenvalue weighted by Gasteiger charge is -2.42. The van der Waals surface area contributed by atoms with Crippen LogP contribution in [0.2, 0.25) is 0 Å². The molecule has 0 bridgehead atoms. The van der Waals surface area contributed by atoms with E-state index in [1.54, 1.807) is 0 Å². The molecule has 4 heteroatoms. The van der Waals surface area contributed by atoms with Crippen molar-refractivity contribution in [2.24, 2.45) is 11.3 Å². The molecular weight excluding hydrogens is 274 g/mol. The van der Waals surface area contributed by atoms with E-state index in [-0.39, 0.29) is 5.41 Å². The Balaban J connectivity index is 1.55. The smallest absolute Gasteiger partial charge is 0.228 e. The van der Waals surface area contributed by atoms with Crippen LogP contribution in [0.3, 0.4) is 0 Å². The third-order valence-electron chi connectivity index (χ3n) is 5.39. The van der Waals surface area contributed by atoms with Crippen molar-refractivity contribution in [3.05, 3.63) is 18.0 Å². The normalized spacial score (nSPS) is 21.9. The van der Waals surface area contributed by atoms with Gasteiger partial charge in [-0.1, -0.05) is 27.2 Å². The maximum Gasteiger partial charge on any atom is 0.228 e. The molecule has 1 saturated carbocycles. The average molecular weight is 303 g/mol. The Morgan fingerprint density at radius 2 is 2.05 bits per heavy atom. The Hall–Kier alpha value is -1.32. The van der Waals surface area contributed by atoms with Gasteiger partial charge in [-0.25, -0.2) is 0 Å². The molecule has 0 aromatic carbocycles. The molecule has 2 aliphatic rings. The molecule has 3 rings (SSSR count). The number of rotatable bonds is 4. The largest absolute Gasteiger partial charge is 0.342 e. The lowest BCUT2D eigenvalue weighted by molar-refractivity contribution is -0.147. The summed E-state index contributed by atoms with van der Waals surface area (Å²) >= 11 is 0. The van der Waals surface area contributed by atoms with Gasteiger partial charge in [0.2, 0.25) is 5.91 Å². The highest BCUT2D eigenvalue weighted by molar-refractivity contribution is 5.83. The number of carbonyl (C=O) groups is 1. The quantitative estimate of drug-likeness (QED) is 0.854. The molecule has 22 heavy (non-hydrogen) atoms. The zero-order valence-electron chi connectivity index (χ0n) is 14.2. The fourth-order valence-electron chi connectivity index (χ4n) is 3.75. The van der Waals surface area contributed by atoms with Crippen LogP contribution in [-0.4, -0.2) is 33.7 Å². The fourth-order valence-corrected chi connectivity index (χ4v) is 3.75. The molecule has 1 aromatic heterocycles. The SMILES string of the molecule is CC(C)Cn1ccc(C2CCN(C(=O)C3(C)CCC3)CC2)n1. The van der Waals surface area contributed by atoms with Crippen LogP contribution in [0, 0.1) is 11.3 Å². The van der Waals surface area contributed by atoms with Gasteiger partial charge in [-0.2, -0.15) is 5.10 Å².